The van der Waals surface area contributed by atoms with Gasteiger partial charge in [-0.15, -0.1) is 0 Å². The summed E-state index contributed by atoms with van der Waals surface area (Å²) < 4.78 is 0. The quantitative estimate of drug-likeness (QED) is 0.272. The fourth-order valence-corrected chi connectivity index (χ4v) is 2.48. The Labute approximate surface area is 184 Å². The van der Waals surface area contributed by atoms with Gasteiger partial charge in [-0.3, -0.25) is 4.79 Å². The second-order valence-electron chi connectivity index (χ2n) is 6.01. The number of rotatable bonds is 16. The molecule has 0 radical (unpaired) electrons. The van der Waals surface area contributed by atoms with Crippen molar-refractivity contribution in [3.8, 4) is 0 Å². The number of carboxylic acid groups (broad SMARTS) is 1. The maximum absolute atomic E-state index is 10.9. The molecular formula is C17H33KN2O3. The van der Waals surface area contributed by atoms with Crippen LogP contribution >= 0.6 is 0 Å². The Morgan fingerprint density at radius 3 is 1.87 bits per heavy atom. The maximum Gasteiger partial charge on any atom is 1.00 e. The molecular weight excluding hydrogens is 319 g/mol. The molecule has 0 fully saturated rings. The minimum absolute atomic E-state index is 0. The molecule has 0 unspecified atom stereocenters. The van der Waals surface area contributed by atoms with Crippen LogP contribution in [0, 0.1) is 0 Å². The molecule has 0 saturated heterocycles. The smallest absolute Gasteiger partial charge is 0.548 e. The molecule has 0 aliphatic carbocycles. The van der Waals surface area contributed by atoms with Gasteiger partial charge in [-0.05, 0) is 19.4 Å². The van der Waals surface area contributed by atoms with Gasteiger partial charge in [-0.1, -0.05) is 64.7 Å². The van der Waals surface area contributed by atoms with E-state index in [2.05, 4.69) is 12.2 Å². The fraction of sp³-hybridized carbons (Fsp3) is 0.882. The van der Waals surface area contributed by atoms with Crippen LogP contribution in [0.25, 0.3) is 0 Å². The van der Waals surface area contributed by atoms with E-state index in [1.165, 1.54) is 51.4 Å². The van der Waals surface area contributed by atoms with Crippen LogP contribution in [0.5, 0.6) is 0 Å². The number of carbonyl (C=O) groups is 2. The van der Waals surface area contributed by atoms with Crippen LogP contribution in [-0.4, -0.2) is 24.5 Å². The number of hydrogen-bond acceptors (Lipinski definition) is 4. The summed E-state index contributed by atoms with van der Waals surface area (Å²) in [4.78, 5) is 21.6. The van der Waals surface area contributed by atoms with Crippen molar-refractivity contribution >= 4 is 11.9 Å². The van der Waals surface area contributed by atoms with E-state index in [1.54, 1.807) is 0 Å². The first kappa shape index (κ1) is 25.8. The van der Waals surface area contributed by atoms with Gasteiger partial charge in [0.1, 0.15) is 0 Å². The zero-order valence-corrected chi connectivity index (χ0v) is 18.2. The molecule has 130 valence electrons. The number of hydrogen-bond donors (Lipinski definition) is 2. The van der Waals surface area contributed by atoms with Crippen molar-refractivity contribution in [1.29, 1.82) is 0 Å². The zero-order valence-electron chi connectivity index (χ0n) is 15.1. The van der Waals surface area contributed by atoms with Gasteiger partial charge < -0.3 is 21.0 Å². The molecule has 0 aromatic rings. The third kappa shape index (κ3) is 18.7. The van der Waals surface area contributed by atoms with E-state index >= 15 is 0 Å². The van der Waals surface area contributed by atoms with Crippen molar-refractivity contribution in [2.45, 2.75) is 90.0 Å². The van der Waals surface area contributed by atoms with Gasteiger partial charge in [0.15, 0.2) is 0 Å². The van der Waals surface area contributed by atoms with Crippen molar-refractivity contribution in [1.82, 2.24) is 5.32 Å². The average molecular weight is 353 g/mol. The SMILES string of the molecule is CCCCCCCCCCCCN[C@@H](CCC(N)=O)C(=O)[O-].[K+]. The summed E-state index contributed by atoms with van der Waals surface area (Å²) in [5, 5.41) is 13.8. The van der Waals surface area contributed by atoms with Crippen LogP contribution in [0.15, 0.2) is 0 Å². The summed E-state index contributed by atoms with van der Waals surface area (Å²) in [6.07, 6.45) is 12.8. The van der Waals surface area contributed by atoms with Crippen LogP contribution in [0.3, 0.4) is 0 Å². The molecule has 0 saturated carbocycles. The molecule has 3 N–H and O–H groups in total. The van der Waals surface area contributed by atoms with E-state index in [4.69, 9.17) is 5.73 Å². The zero-order chi connectivity index (χ0) is 16.6. The molecule has 0 rings (SSSR count). The molecule has 0 aliphatic rings. The van der Waals surface area contributed by atoms with E-state index in [0.717, 1.165) is 12.8 Å². The van der Waals surface area contributed by atoms with Crippen LogP contribution in [0.2, 0.25) is 0 Å². The van der Waals surface area contributed by atoms with Crippen LogP contribution in [0.1, 0.15) is 84.0 Å². The first-order valence-corrected chi connectivity index (χ1v) is 8.80. The molecule has 5 nitrogen and oxygen atoms in total. The summed E-state index contributed by atoms with van der Waals surface area (Å²) in [7, 11) is 0. The van der Waals surface area contributed by atoms with Crippen molar-refractivity contribution in [3.05, 3.63) is 0 Å². The number of amides is 1. The fourth-order valence-electron chi connectivity index (χ4n) is 2.48. The Hall–Kier alpha value is 0.536. The van der Waals surface area contributed by atoms with E-state index in [0.29, 0.717) is 6.54 Å². The predicted molar refractivity (Wildman–Crippen MR) is 87.1 cm³/mol. The van der Waals surface area contributed by atoms with Gasteiger partial charge in [0.25, 0.3) is 0 Å². The minimum atomic E-state index is -1.16. The first-order chi connectivity index (χ1) is 10.6. The van der Waals surface area contributed by atoms with E-state index < -0.39 is 17.9 Å². The molecule has 0 aromatic heterocycles. The molecule has 6 heteroatoms. The van der Waals surface area contributed by atoms with Crippen LogP contribution in [-0.2, 0) is 9.59 Å². The predicted octanol–water partition coefficient (Wildman–Crippen LogP) is -1.12. The number of aliphatic carboxylic acids is 1. The Morgan fingerprint density at radius 1 is 0.957 bits per heavy atom. The number of primary amides is 1. The van der Waals surface area contributed by atoms with E-state index in [9.17, 15) is 14.7 Å². The molecule has 1 amide bonds. The molecule has 0 spiro atoms. The first-order valence-electron chi connectivity index (χ1n) is 8.80. The molecule has 1 atom stereocenters. The minimum Gasteiger partial charge on any atom is -0.548 e. The normalized spacial score (nSPS) is 11.7. The van der Waals surface area contributed by atoms with Crippen molar-refractivity contribution < 1.29 is 66.1 Å². The molecule has 0 bridgehead atoms. The van der Waals surface area contributed by atoms with Gasteiger partial charge in [0.05, 0.1) is 5.97 Å². The number of unbranched alkanes of at least 4 members (excludes halogenated alkanes) is 9. The summed E-state index contributed by atoms with van der Waals surface area (Å²) in [5.74, 6) is -1.64. The summed E-state index contributed by atoms with van der Waals surface area (Å²) in [6, 6.07) is -0.772. The van der Waals surface area contributed by atoms with Crippen molar-refractivity contribution in [2.75, 3.05) is 6.54 Å². The molecule has 0 aliphatic heterocycles. The number of carboxylic acids is 1. The Kier molecular flexibility index (Phi) is 21.1. The topological polar surface area (TPSA) is 95.2 Å². The van der Waals surface area contributed by atoms with Crippen molar-refractivity contribution in [2.24, 2.45) is 5.73 Å². The van der Waals surface area contributed by atoms with E-state index in [-0.39, 0.29) is 64.2 Å². The number of carbonyl (C=O) groups excluding carboxylic acids is 2. The van der Waals surface area contributed by atoms with E-state index in [1.807, 2.05) is 0 Å². The van der Waals surface area contributed by atoms with Gasteiger partial charge in [-0.2, -0.15) is 0 Å². The summed E-state index contributed by atoms with van der Waals surface area (Å²) in [6.45, 7) is 2.88. The summed E-state index contributed by atoms with van der Waals surface area (Å²) >= 11 is 0. The Morgan fingerprint density at radius 2 is 1.43 bits per heavy atom. The Balaban J connectivity index is 0. The standard InChI is InChI=1S/C17H34N2O3.K/c1-2-3-4-5-6-7-8-9-10-11-14-19-15(17(21)22)12-13-16(18)20;/h15,19H,2-14H2,1H3,(H2,18,20)(H,21,22);/q;+1/p-1/t15-;/m0./s1. The van der Waals surface area contributed by atoms with Gasteiger partial charge in [0.2, 0.25) is 5.91 Å². The largest absolute Gasteiger partial charge is 1.00 e. The second-order valence-corrected chi connectivity index (χ2v) is 6.01. The summed E-state index contributed by atoms with van der Waals surface area (Å²) in [5.41, 5.74) is 5.02. The second kappa shape index (κ2) is 18.9. The van der Waals surface area contributed by atoms with Gasteiger partial charge in [-0.25, -0.2) is 0 Å². The van der Waals surface area contributed by atoms with Crippen LogP contribution < -0.4 is 67.5 Å². The van der Waals surface area contributed by atoms with Crippen molar-refractivity contribution in [3.63, 3.8) is 0 Å². The Bertz CT molecular complexity index is 302. The van der Waals surface area contributed by atoms with Crippen LogP contribution in [0.4, 0.5) is 0 Å². The maximum atomic E-state index is 10.9. The number of nitrogens with one attached hydrogen (secondary N) is 1. The average Bonchev–Trinajstić information content (AvgIpc) is 2.47. The molecule has 0 heterocycles. The third-order valence-electron chi connectivity index (χ3n) is 3.88. The van der Waals surface area contributed by atoms with Gasteiger partial charge in [0, 0.05) is 12.5 Å². The molecule has 23 heavy (non-hydrogen) atoms. The number of nitrogens with two attached hydrogens (primary N) is 1. The monoisotopic (exact) mass is 352 g/mol. The third-order valence-corrected chi connectivity index (χ3v) is 3.88. The van der Waals surface area contributed by atoms with Gasteiger partial charge >= 0.3 is 51.4 Å². The molecule has 0 aromatic carbocycles.